The molecule has 0 fully saturated rings. The summed E-state index contributed by atoms with van der Waals surface area (Å²) in [5, 5.41) is 0. The topological polar surface area (TPSA) is 17.1 Å². The molecule has 0 aliphatic heterocycles. The van der Waals surface area contributed by atoms with Gasteiger partial charge in [0.05, 0.1) is 0 Å². The zero-order valence-corrected chi connectivity index (χ0v) is 10.6. The van der Waals surface area contributed by atoms with Crippen LogP contribution in [-0.4, -0.2) is 17.8 Å². The third-order valence-corrected chi connectivity index (χ3v) is 3.97. The molecule has 0 heterocycles. The van der Waals surface area contributed by atoms with Gasteiger partial charge in [-0.05, 0) is 43.3 Å². The zero-order valence-electron chi connectivity index (χ0n) is 9.74. The Morgan fingerprint density at radius 2 is 2.19 bits per heavy atom. The van der Waals surface area contributed by atoms with Gasteiger partial charge in [-0.15, -0.1) is 0 Å². The van der Waals surface area contributed by atoms with Gasteiger partial charge in [-0.2, -0.15) is 11.8 Å². The van der Waals surface area contributed by atoms with E-state index >= 15 is 0 Å². The van der Waals surface area contributed by atoms with Gasteiger partial charge in [-0.25, -0.2) is 0 Å². The molecule has 16 heavy (non-hydrogen) atoms. The maximum Gasteiger partial charge on any atom is 0.166 e. The lowest BCUT2D eigenvalue weighted by atomic mass is 9.93. The Morgan fingerprint density at radius 1 is 1.38 bits per heavy atom. The van der Waals surface area contributed by atoms with E-state index in [0.29, 0.717) is 5.78 Å². The fourth-order valence-electron chi connectivity index (χ4n) is 2.40. The number of aryl methyl sites for hydroxylation is 1. The average Bonchev–Trinajstić information content (AvgIpc) is 2.47. The molecule has 2 rings (SSSR count). The molecule has 0 saturated carbocycles. The van der Waals surface area contributed by atoms with Gasteiger partial charge in [0.15, 0.2) is 5.78 Å². The highest BCUT2D eigenvalue weighted by Gasteiger charge is 2.24. The minimum absolute atomic E-state index is 0.260. The number of ketones is 1. The van der Waals surface area contributed by atoms with Gasteiger partial charge in [-0.3, -0.25) is 4.79 Å². The predicted molar refractivity (Wildman–Crippen MR) is 70.2 cm³/mol. The van der Waals surface area contributed by atoms with Crippen molar-refractivity contribution in [2.45, 2.75) is 25.7 Å². The van der Waals surface area contributed by atoms with Crippen molar-refractivity contribution in [1.82, 2.24) is 0 Å². The lowest BCUT2D eigenvalue weighted by Crippen LogP contribution is -2.14. The largest absolute Gasteiger partial charge is 0.294 e. The minimum Gasteiger partial charge on any atom is -0.294 e. The molecule has 1 atom stereocenters. The second-order valence-corrected chi connectivity index (χ2v) is 5.38. The van der Waals surface area contributed by atoms with Gasteiger partial charge in [0.25, 0.3) is 0 Å². The Bertz CT molecular complexity index is 371. The summed E-state index contributed by atoms with van der Waals surface area (Å²) in [5.41, 5.74) is 2.23. The Balaban J connectivity index is 2.20. The number of thioether (sulfide) groups is 1. The smallest absolute Gasteiger partial charge is 0.166 e. The third kappa shape index (κ3) is 2.49. The maximum atomic E-state index is 12.3. The van der Waals surface area contributed by atoms with E-state index in [2.05, 4.69) is 12.3 Å². The quantitative estimate of drug-likeness (QED) is 0.744. The second-order valence-electron chi connectivity index (χ2n) is 4.39. The molecular formula is C14H18OS. The summed E-state index contributed by atoms with van der Waals surface area (Å²) in [7, 11) is 0. The van der Waals surface area contributed by atoms with Gasteiger partial charge < -0.3 is 0 Å². The molecule has 86 valence electrons. The molecule has 1 aliphatic rings. The molecule has 0 radical (unpaired) electrons. The molecule has 0 amide bonds. The lowest BCUT2D eigenvalue weighted by molar-refractivity contribution is 0.0913. The molecule has 1 aromatic carbocycles. The number of rotatable bonds is 3. The monoisotopic (exact) mass is 234 g/mol. The average molecular weight is 234 g/mol. The Labute approximate surface area is 102 Å². The highest BCUT2D eigenvalue weighted by Crippen LogP contribution is 2.27. The summed E-state index contributed by atoms with van der Waals surface area (Å²) >= 11 is 1.83. The van der Waals surface area contributed by atoms with E-state index in [1.807, 2.05) is 30.0 Å². The van der Waals surface area contributed by atoms with Gasteiger partial charge in [-0.1, -0.05) is 24.3 Å². The number of benzene rings is 1. The van der Waals surface area contributed by atoms with Crippen LogP contribution in [-0.2, 0) is 6.42 Å². The van der Waals surface area contributed by atoms with Crippen LogP contribution in [0.15, 0.2) is 24.3 Å². The summed E-state index contributed by atoms with van der Waals surface area (Å²) in [6, 6.07) is 8.11. The molecule has 2 heteroatoms. The Kier molecular flexibility index (Phi) is 4.05. The molecule has 1 aliphatic carbocycles. The van der Waals surface area contributed by atoms with Crippen molar-refractivity contribution >= 4 is 17.5 Å². The fourth-order valence-corrected chi connectivity index (χ4v) is 2.92. The van der Waals surface area contributed by atoms with Crippen molar-refractivity contribution in [1.29, 1.82) is 0 Å². The van der Waals surface area contributed by atoms with Crippen LogP contribution < -0.4 is 0 Å². The number of hydrogen-bond acceptors (Lipinski definition) is 2. The van der Waals surface area contributed by atoms with E-state index in [-0.39, 0.29) is 5.92 Å². The fraction of sp³-hybridized carbons (Fsp3) is 0.500. The highest BCUT2D eigenvalue weighted by molar-refractivity contribution is 7.98. The molecule has 0 saturated heterocycles. The van der Waals surface area contributed by atoms with E-state index < -0.39 is 0 Å². The molecule has 0 N–H and O–H groups in total. The standard InChI is InChI=1S/C14H18OS/c1-16-10-9-12-7-4-6-11-5-2-3-8-13(11)14(12)15/h2-3,5,8,12H,4,6-7,9-10H2,1H3. The summed E-state index contributed by atoms with van der Waals surface area (Å²) in [6.45, 7) is 0. The first-order valence-electron chi connectivity index (χ1n) is 5.94. The van der Waals surface area contributed by atoms with Gasteiger partial charge in [0.2, 0.25) is 0 Å². The van der Waals surface area contributed by atoms with Crippen LogP contribution in [0.25, 0.3) is 0 Å². The van der Waals surface area contributed by atoms with Gasteiger partial charge in [0.1, 0.15) is 0 Å². The maximum absolute atomic E-state index is 12.3. The van der Waals surface area contributed by atoms with E-state index in [4.69, 9.17) is 0 Å². The SMILES string of the molecule is CSCCC1CCCc2ccccc2C1=O. The van der Waals surface area contributed by atoms with Crippen LogP contribution in [0.1, 0.15) is 35.2 Å². The van der Waals surface area contributed by atoms with Crippen molar-refractivity contribution in [3.05, 3.63) is 35.4 Å². The molecule has 0 aromatic heterocycles. The predicted octanol–water partition coefficient (Wildman–Crippen LogP) is 3.57. The van der Waals surface area contributed by atoms with Crippen molar-refractivity contribution in [3.63, 3.8) is 0 Å². The van der Waals surface area contributed by atoms with E-state index in [9.17, 15) is 4.79 Å². The molecule has 0 bridgehead atoms. The van der Waals surface area contributed by atoms with Crippen LogP contribution in [0.2, 0.25) is 0 Å². The van der Waals surface area contributed by atoms with E-state index in [1.54, 1.807) is 0 Å². The molecule has 1 nitrogen and oxygen atoms in total. The number of carbonyl (C=O) groups excluding carboxylic acids is 1. The normalized spacial score (nSPS) is 20.3. The van der Waals surface area contributed by atoms with Crippen molar-refractivity contribution < 1.29 is 4.79 Å². The molecule has 1 unspecified atom stereocenters. The summed E-state index contributed by atoms with van der Waals surface area (Å²) < 4.78 is 0. The summed E-state index contributed by atoms with van der Waals surface area (Å²) in [6.07, 6.45) is 6.43. The first kappa shape index (κ1) is 11.7. The number of carbonyl (C=O) groups is 1. The van der Waals surface area contributed by atoms with Gasteiger partial charge in [0, 0.05) is 11.5 Å². The molecule has 1 aromatic rings. The van der Waals surface area contributed by atoms with Crippen LogP contribution in [0, 0.1) is 5.92 Å². The first-order chi connectivity index (χ1) is 7.83. The summed E-state index contributed by atoms with van der Waals surface area (Å²) in [4.78, 5) is 12.3. The minimum atomic E-state index is 0.260. The molecular weight excluding hydrogens is 216 g/mol. The first-order valence-corrected chi connectivity index (χ1v) is 7.33. The number of fused-ring (bicyclic) bond motifs is 1. The Morgan fingerprint density at radius 3 is 3.00 bits per heavy atom. The number of hydrogen-bond donors (Lipinski definition) is 0. The molecule has 0 spiro atoms. The van der Waals surface area contributed by atoms with Crippen LogP contribution in [0.5, 0.6) is 0 Å². The lowest BCUT2D eigenvalue weighted by Gasteiger charge is -2.12. The Hall–Kier alpha value is -0.760. The van der Waals surface area contributed by atoms with E-state index in [1.165, 1.54) is 5.56 Å². The third-order valence-electron chi connectivity index (χ3n) is 3.32. The van der Waals surface area contributed by atoms with E-state index in [0.717, 1.165) is 37.0 Å². The number of Topliss-reactive ketones (excluding diaryl/α,β-unsaturated/α-hetero) is 1. The van der Waals surface area contributed by atoms with Crippen LogP contribution in [0.4, 0.5) is 0 Å². The van der Waals surface area contributed by atoms with Gasteiger partial charge >= 0.3 is 0 Å². The highest BCUT2D eigenvalue weighted by atomic mass is 32.2. The van der Waals surface area contributed by atoms with Crippen LogP contribution >= 0.6 is 11.8 Å². The van der Waals surface area contributed by atoms with Crippen molar-refractivity contribution in [3.8, 4) is 0 Å². The zero-order chi connectivity index (χ0) is 11.4. The van der Waals surface area contributed by atoms with Crippen molar-refractivity contribution in [2.24, 2.45) is 5.92 Å². The second kappa shape index (κ2) is 5.53. The summed E-state index contributed by atoms with van der Waals surface area (Å²) in [5.74, 6) is 1.73. The van der Waals surface area contributed by atoms with Crippen molar-refractivity contribution in [2.75, 3.05) is 12.0 Å². The van der Waals surface area contributed by atoms with Crippen LogP contribution in [0.3, 0.4) is 0 Å².